The summed E-state index contributed by atoms with van der Waals surface area (Å²) in [5, 5.41) is 4.22. The van der Waals surface area contributed by atoms with E-state index in [9.17, 15) is 9.59 Å². The summed E-state index contributed by atoms with van der Waals surface area (Å²) in [7, 11) is 2.02. The molecule has 1 aromatic heterocycles. The first-order valence-electron chi connectivity index (χ1n) is 5.49. The quantitative estimate of drug-likeness (QED) is 0.807. The number of carbonyl (C=O) groups is 2. The third-order valence-corrected chi connectivity index (χ3v) is 3.62. The second kappa shape index (κ2) is 5.29. The van der Waals surface area contributed by atoms with Gasteiger partial charge in [0.25, 0.3) is 5.91 Å². The van der Waals surface area contributed by atoms with Crippen LogP contribution in [-0.4, -0.2) is 55.0 Å². The Bertz CT molecular complexity index is 397. The summed E-state index contributed by atoms with van der Waals surface area (Å²) in [5.74, 6) is -0.316. The molecular formula is C11H15N3O2S. The van der Waals surface area contributed by atoms with E-state index >= 15 is 0 Å². The maximum atomic E-state index is 11.8. The number of imide groups is 1. The Morgan fingerprint density at radius 3 is 2.59 bits per heavy atom. The number of urea groups is 1. The molecule has 6 heteroatoms. The largest absolute Gasteiger partial charge is 0.324 e. The van der Waals surface area contributed by atoms with E-state index in [-0.39, 0.29) is 11.9 Å². The molecule has 1 aliphatic heterocycles. The molecule has 0 aromatic carbocycles. The lowest BCUT2D eigenvalue weighted by molar-refractivity contribution is 0.0944. The second-order valence-electron chi connectivity index (χ2n) is 4.03. The van der Waals surface area contributed by atoms with Crippen LogP contribution in [0.25, 0.3) is 0 Å². The molecule has 1 aliphatic rings. The molecule has 1 aromatic rings. The van der Waals surface area contributed by atoms with Crippen LogP contribution in [0.2, 0.25) is 0 Å². The number of nitrogens with zero attached hydrogens (tertiary/aromatic N) is 2. The Balaban J connectivity index is 1.87. The van der Waals surface area contributed by atoms with E-state index in [1.54, 1.807) is 17.0 Å². The van der Waals surface area contributed by atoms with Crippen LogP contribution in [0.5, 0.6) is 0 Å². The van der Waals surface area contributed by atoms with Crippen LogP contribution in [0.15, 0.2) is 17.5 Å². The standard InChI is InChI=1S/C11H15N3O2S/c1-13-4-6-14(7-5-13)11(16)12-10(15)9-3-2-8-17-9/h2-3,8H,4-7H2,1H3,(H,12,15,16). The minimum atomic E-state index is -0.316. The Morgan fingerprint density at radius 2 is 2.00 bits per heavy atom. The van der Waals surface area contributed by atoms with Crippen LogP contribution in [-0.2, 0) is 0 Å². The lowest BCUT2D eigenvalue weighted by Gasteiger charge is -2.32. The molecule has 1 fully saturated rings. The SMILES string of the molecule is CN1CCN(C(=O)NC(=O)c2cccs2)CC1. The highest BCUT2D eigenvalue weighted by molar-refractivity contribution is 7.12. The van der Waals surface area contributed by atoms with Crippen molar-refractivity contribution in [2.24, 2.45) is 0 Å². The molecular weight excluding hydrogens is 238 g/mol. The van der Waals surface area contributed by atoms with Crippen LogP contribution in [0.4, 0.5) is 4.79 Å². The van der Waals surface area contributed by atoms with Gasteiger partial charge in [-0.05, 0) is 18.5 Å². The Labute approximate surface area is 104 Å². The zero-order chi connectivity index (χ0) is 12.3. The second-order valence-corrected chi connectivity index (χ2v) is 4.97. The smallest absolute Gasteiger partial charge is 0.322 e. The number of thiophene rings is 1. The lowest BCUT2D eigenvalue weighted by atomic mass is 10.3. The number of likely N-dealkylation sites (N-methyl/N-ethyl adjacent to an activating group) is 1. The van der Waals surface area contributed by atoms with Gasteiger partial charge < -0.3 is 9.80 Å². The van der Waals surface area contributed by atoms with Crippen molar-refractivity contribution in [3.63, 3.8) is 0 Å². The third-order valence-electron chi connectivity index (χ3n) is 2.76. The zero-order valence-corrected chi connectivity index (χ0v) is 10.5. The van der Waals surface area contributed by atoms with E-state index in [0.717, 1.165) is 13.1 Å². The van der Waals surface area contributed by atoms with E-state index in [2.05, 4.69) is 10.2 Å². The maximum Gasteiger partial charge on any atom is 0.324 e. The molecule has 2 heterocycles. The molecule has 0 unspecified atom stereocenters. The van der Waals surface area contributed by atoms with Gasteiger partial charge in [0.05, 0.1) is 4.88 Å². The Kier molecular flexibility index (Phi) is 3.75. The molecule has 0 atom stereocenters. The summed E-state index contributed by atoms with van der Waals surface area (Å²) in [6.07, 6.45) is 0. The van der Waals surface area contributed by atoms with Crippen LogP contribution >= 0.6 is 11.3 Å². The predicted octanol–water partition coefficient (Wildman–Crippen LogP) is 0.845. The van der Waals surface area contributed by atoms with Gasteiger partial charge in [0.2, 0.25) is 0 Å². The van der Waals surface area contributed by atoms with Crippen molar-refractivity contribution in [3.05, 3.63) is 22.4 Å². The minimum Gasteiger partial charge on any atom is -0.322 e. The number of amides is 3. The average Bonchev–Trinajstić information content (AvgIpc) is 2.83. The maximum absolute atomic E-state index is 11.8. The zero-order valence-electron chi connectivity index (χ0n) is 9.68. The van der Waals surface area contributed by atoms with Crippen molar-refractivity contribution in [2.45, 2.75) is 0 Å². The van der Waals surface area contributed by atoms with Crippen molar-refractivity contribution in [1.82, 2.24) is 15.1 Å². The molecule has 0 radical (unpaired) electrons. The molecule has 0 spiro atoms. The van der Waals surface area contributed by atoms with Crippen LogP contribution in [0.1, 0.15) is 9.67 Å². The molecule has 5 nitrogen and oxygen atoms in total. The number of hydrogen-bond acceptors (Lipinski definition) is 4. The van der Waals surface area contributed by atoms with Crippen molar-refractivity contribution in [1.29, 1.82) is 0 Å². The van der Waals surface area contributed by atoms with Crippen molar-refractivity contribution < 1.29 is 9.59 Å². The van der Waals surface area contributed by atoms with Crippen molar-refractivity contribution >= 4 is 23.3 Å². The average molecular weight is 253 g/mol. The highest BCUT2D eigenvalue weighted by Gasteiger charge is 2.21. The predicted molar refractivity (Wildman–Crippen MR) is 66.3 cm³/mol. The summed E-state index contributed by atoms with van der Waals surface area (Å²) in [6, 6.07) is 3.20. The first-order chi connectivity index (χ1) is 8.16. The van der Waals surface area contributed by atoms with Gasteiger partial charge in [0.15, 0.2) is 0 Å². The van der Waals surface area contributed by atoms with Crippen LogP contribution in [0, 0.1) is 0 Å². The highest BCUT2D eigenvalue weighted by atomic mass is 32.1. The summed E-state index contributed by atoms with van der Waals surface area (Å²) >= 11 is 1.33. The monoisotopic (exact) mass is 253 g/mol. The van der Waals surface area contributed by atoms with E-state index in [4.69, 9.17) is 0 Å². The number of nitrogens with one attached hydrogen (secondary N) is 1. The molecule has 1 saturated heterocycles. The van der Waals surface area contributed by atoms with Gasteiger partial charge in [0, 0.05) is 26.2 Å². The van der Waals surface area contributed by atoms with Gasteiger partial charge in [-0.15, -0.1) is 11.3 Å². The Hall–Kier alpha value is -1.40. The van der Waals surface area contributed by atoms with Crippen molar-refractivity contribution in [3.8, 4) is 0 Å². The third kappa shape index (κ3) is 3.04. The number of piperazine rings is 1. The van der Waals surface area contributed by atoms with E-state index in [1.165, 1.54) is 11.3 Å². The van der Waals surface area contributed by atoms with Crippen LogP contribution in [0.3, 0.4) is 0 Å². The van der Waals surface area contributed by atoms with E-state index in [0.29, 0.717) is 18.0 Å². The number of carbonyl (C=O) groups excluding carboxylic acids is 2. The summed E-state index contributed by atoms with van der Waals surface area (Å²) in [5.41, 5.74) is 0. The Morgan fingerprint density at radius 1 is 1.29 bits per heavy atom. The topological polar surface area (TPSA) is 52.6 Å². The molecule has 1 N–H and O–H groups in total. The molecule has 92 valence electrons. The van der Waals surface area contributed by atoms with Crippen LogP contribution < -0.4 is 5.32 Å². The summed E-state index contributed by atoms with van der Waals surface area (Å²) < 4.78 is 0. The molecule has 17 heavy (non-hydrogen) atoms. The van der Waals surface area contributed by atoms with Gasteiger partial charge in [0.1, 0.15) is 0 Å². The molecule has 3 amide bonds. The van der Waals surface area contributed by atoms with Gasteiger partial charge in [-0.1, -0.05) is 6.07 Å². The fraction of sp³-hybridized carbons (Fsp3) is 0.455. The van der Waals surface area contributed by atoms with Gasteiger partial charge in [-0.25, -0.2) is 4.79 Å². The fourth-order valence-electron chi connectivity index (χ4n) is 1.66. The number of hydrogen-bond donors (Lipinski definition) is 1. The molecule has 0 saturated carbocycles. The van der Waals surface area contributed by atoms with E-state index < -0.39 is 0 Å². The summed E-state index contributed by atoms with van der Waals surface area (Å²) in [6.45, 7) is 3.03. The van der Waals surface area contributed by atoms with Gasteiger partial charge in [-0.2, -0.15) is 0 Å². The minimum absolute atomic E-state index is 0.295. The van der Waals surface area contributed by atoms with Gasteiger partial charge >= 0.3 is 6.03 Å². The van der Waals surface area contributed by atoms with Crippen molar-refractivity contribution in [2.75, 3.05) is 33.2 Å². The van der Waals surface area contributed by atoms with Gasteiger partial charge in [-0.3, -0.25) is 10.1 Å². The molecule has 0 aliphatic carbocycles. The first kappa shape index (κ1) is 12.1. The van der Waals surface area contributed by atoms with E-state index in [1.807, 2.05) is 12.4 Å². The lowest BCUT2D eigenvalue weighted by Crippen LogP contribution is -2.51. The molecule has 0 bridgehead atoms. The normalized spacial score (nSPS) is 16.9. The highest BCUT2D eigenvalue weighted by Crippen LogP contribution is 2.08. The number of rotatable bonds is 1. The first-order valence-corrected chi connectivity index (χ1v) is 6.37. The summed E-state index contributed by atoms with van der Waals surface area (Å²) in [4.78, 5) is 27.8. The fourth-order valence-corrected chi connectivity index (χ4v) is 2.27. The molecule has 2 rings (SSSR count).